The molecule has 2 aromatic carbocycles. The summed E-state index contributed by atoms with van der Waals surface area (Å²) >= 11 is 0. The number of aryl methyl sites for hydroxylation is 1. The third kappa shape index (κ3) is 6.37. The maximum Gasteiger partial charge on any atom is 0.246 e. The Hall–Kier alpha value is -3.09. The third-order valence-corrected chi connectivity index (χ3v) is 7.20. The molecule has 2 heterocycles. The van der Waals surface area contributed by atoms with Gasteiger partial charge in [0.1, 0.15) is 5.75 Å². The number of rotatable bonds is 10. The van der Waals surface area contributed by atoms with E-state index in [0.29, 0.717) is 0 Å². The minimum absolute atomic E-state index is 0.0912. The molecule has 0 saturated carbocycles. The van der Waals surface area contributed by atoms with Crippen molar-refractivity contribution >= 4 is 22.9 Å². The quantitative estimate of drug-likeness (QED) is 0.399. The summed E-state index contributed by atoms with van der Waals surface area (Å²) in [6.45, 7) is 8.57. The number of hydrogen-bond acceptors (Lipinski definition) is 4. The number of methoxy groups -OCH3 is 1. The highest BCUT2D eigenvalue weighted by atomic mass is 16.5. The highest BCUT2D eigenvalue weighted by Crippen LogP contribution is 2.30. The van der Waals surface area contributed by atoms with E-state index in [2.05, 4.69) is 77.9 Å². The Kier molecular flexibility index (Phi) is 8.83. The van der Waals surface area contributed by atoms with Crippen LogP contribution in [0.3, 0.4) is 0 Å². The molecule has 1 aliphatic heterocycles. The van der Waals surface area contributed by atoms with Crippen LogP contribution in [-0.4, -0.2) is 85.6 Å². The van der Waals surface area contributed by atoms with Crippen molar-refractivity contribution in [1.29, 1.82) is 0 Å². The van der Waals surface area contributed by atoms with E-state index in [1.807, 2.05) is 17.0 Å². The molecule has 1 amide bonds. The van der Waals surface area contributed by atoms with Gasteiger partial charge in [0, 0.05) is 67.5 Å². The summed E-state index contributed by atoms with van der Waals surface area (Å²) in [4.78, 5) is 19.7. The van der Waals surface area contributed by atoms with Gasteiger partial charge in [-0.1, -0.05) is 30.3 Å². The van der Waals surface area contributed by atoms with Crippen LogP contribution in [0.2, 0.25) is 0 Å². The van der Waals surface area contributed by atoms with Crippen molar-refractivity contribution < 1.29 is 9.53 Å². The second-order valence-corrected chi connectivity index (χ2v) is 9.93. The van der Waals surface area contributed by atoms with E-state index in [1.54, 1.807) is 13.2 Å². The lowest BCUT2D eigenvalue weighted by Gasteiger charge is -2.34. The molecule has 0 spiro atoms. The van der Waals surface area contributed by atoms with E-state index in [9.17, 15) is 4.79 Å². The molecule has 4 rings (SSSR count). The summed E-state index contributed by atoms with van der Waals surface area (Å²) in [5, 5.41) is 1.13. The Morgan fingerprint density at radius 1 is 1.03 bits per heavy atom. The number of carbonyl (C=O) groups is 1. The van der Waals surface area contributed by atoms with Crippen molar-refractivity contribution in [3.05, 3.63) is 71.4 Å². The molecular weight excluding hydrogens is 448 g/mol. The number of nitrogens with zero attached hydrogens (tertiary/aromatic N) is 4. The molecule has 0 unspecified atom stereocenters. The summed E-state index contributed by atoms with van der Waals surface area (Å²) in [7, 11) is 5.91. The van der Waals surface area contributed by atoms with E-state index in [-0.39, 0.29) is 5.91 Å². The van der Waals surface area contributed by atoms with Crippen LogP contribution in [0.25, 0.3) is 17.0 Å². The number of carbonyl (C=O) groups excluding carboxylic acids is 1. The van der Waals surface area contributed by atoms with Crippen molar-refractivity contribution in [2.45, 2.75) is 26.3 Å². The second kappa shape index (κ2) is 12.2. The van der Waals surface area contributed by atoms with Crippen LogP contribution in [0.15, 0.2) is 54.6 Å². The third-order valence-electron chi connectivity index (χ3n) is 7.20. The Morgan fingerprint density at radius 2 is 1.78 bits per heavy atom. The predicted molar refractivity (Wildman–Crippen MR) is 149 cm³/mol. The molecule has 36 heavy (non-hydrogen) atoms. The number of amides is 1. The molecule has 6 nitrogen and oxygen atoms in total. The molecule has 6 heteroatoms. The summed E-state index contributed by atoms with van der Waals surface area (Å²) < 4.78 is 7.87. The number of ether oxygens (including phenoxy) is 1. The molecule has 0 N–H and O–H groups in total. The molecule has 1 saturated heterocycles. The minimum Gasteiger partial charge on any atom is -0.497 e. The van der Waals surface area contributed by atoms with Gasteiger partial charge in [-0.3, -0.25) is 9.69 Å². The first-order chi connectivity index (χ1) is 17.5. The van der Waals surface area contributed by atoms with Crippen molar-refractivity contribution in [3.63, 3.8) is 0 Å². The molecule has 1 fully saturated rings. The molecule has 3 aromatic rings. The van der Waals surface area contributed by atoms with Crippen molar-refractivity contribution in [2.75, 3.05) is 60.5 Å². The molecule has 0 aliphatic carbocycles. The molecule has 1 aromatic heterocycles. The van der Waals surface area contributed by atoms with Gasteiger partial charge in [0.05, 0.1) is 7.11 Å². The molecule has 0 atom stereocenters. The van der Waals surface area contributed by atoms with E-state index in [1.165, 1.54) is 16.8 Å². The highest BCUT2D eigenvalue weighted by molar-refractivity contribution is 5.98. The largest absolute Gasteiger partial charge is 0.497 e. The smallest absolute Gasteiger partial charge is 0.246 e. The first kappa shape index (κ1) is 26.0. The van der Waals surface area contributed by atoms with Gasteiger partial charge in [0.15, 0.2) is 0 Å². The van der Waals surface area contributed by atoms with Gasteiger partial charge in [0.2, 0.25) is 5.91 Å². The van der Waals surface area contributed by atoms with Gasteiger partial charge >= 0.3 is 0 Å². The minimum atomic E-state index is 0.0912. The Morgan fingerprint density at radius 3 is 2.47 bits per heavy atom. The van der Waals surface area contributed by atoms with E-state index in [4.69, 9.17) is 4.74 Å². The maximum absolute atomic E-state index is 13.1. The maximum atomic E-state index is 13.1. The van der Waals surface area contributed by atoms with E-state index < -0.39 is 0 Å². The van der Waals surface area contributed by atoms with Crippen LogP contribution in [0.1, 0.15) is 23.2 Å². The van der Waals surface area contributed by atoms with Gasteiger partial charge < -0.3 is 19.1 Å². The van der Waals surface area contributed by atoms with E-state index >= 15 is 0 Å². The van der Waals surface area contributed by atoms with Crippen molar-refractivity contribution in [2.24, 2.45) is 0 Å². The highest BCUT2D eigenvalue weighted by Gasteiger charge is 2.20. The number of aromatic nitrogens is 1. The normalized spacial score (nSPS) is 14.9. The van der Waals surface area contributed by atoms with E-state index in [0.717, 1.165) is 75.4 Å². The van der Waals surface area contributed by atoms with Crippen molar-refractivity contribution in [3.8, 4) is 5.75 Å². The summed E-state index contributed by atoms with van der Waals surface area (Å²) in [6.07, 6.45) is 5.88. The van der Waals surface area contributed by atoms with Crippen LogP contribution in [0.5, 0.6) is 5.75 Å². The lowest BCUT2D eigenvalue weighted by molar-refractivity contribution is -0.127. The average Bonchev–Trinajstić information content (AvgIpc) is 3.16. The Bertz CT molecular complexity index is 1170. The van der Waals surface area contributed by atoms with Crippen LogP contribution in [0, 0.1) is 6.92 Å². The van der Waals surface area contributed by atoms with Gasteiger partial charge in [-0.05, 0) is 70.2 Å². The van der Waals surface area contributed by atoms with Crippen molar-refractivity contribution in [1.82, 2.24) is 19.3 Å². The van der Waals surface area contributed by atoms with Crippen LogP contribution < -0.4 is 4.74 Å². The zero-order valence-corrected chi connectivity index (χ0v) is 22.2. The zero-order valence-electron chi connectivity index (χ0n) is 22.2. The van der Waals surface area contributed by atoms with Gasteiger partial charge in [-0.15, -0.1) is 0 Å². The van der Waals surface area contributed by atoms with Crippen LogP contribution in [-0.2, 0) is 17.8 Å². The summed E-state index contributed by atoms with van der Waals surface area (Å²) in [5.74, 6) is 0.925. The Labute approximate surface area is 215 Å². The standard InChI is InChI=1S/C30H40N4O2/c1-24-27(28-23-26(36-4)11-13-29(28)34(24)17-8-16-31(2)3)12-14-30(35)33-21-19-32(20-22-33)18-15-25-9-6-5-7-10-25/h5-7,9-14,23H,8,15-22H2,1-4H3/b14-12+. The number of hydrogen-bond donors (Lipinski definition) is 0. The number of benzene rings is 2. The average molecular weight is 489 g/mol. The fourth-order valence-electron chi connectivity index (χ4n) is 5.04. The molecular formula is C30H40N4O2. The van der Waals surface area contributed by atoms with Gasteiger partial charge in [-0.2, -0.15) is 0 Å². The topological polar surface area (TPSA) is 41.0 Å². The predicted octanol–water partition coefficient (Wildman–Crippen LogP) is 4.31. The first-order valence-corrected chi connectivity index (χ1v) is 13.0. The first-order valence-electron chi connectivity index (χ1n) is 13.0. The second-order valence-electron chi connectivity index (χ2n) is 9.93. The SMILES string of the molecule is COc1ccc2c(c1)c(/C=C/C(=O)N1CCN(CCc3ccccc3)CC1)c(C)n2CCCN(C)C. The van der Waals surface area contributed by atoms with Gasteiger partial charge in [-0.25, -0.2) is 0 Å². The fraction of sp³-hybridized carbons (Fsp3) is 0.433. The summed E-state index contributed by atoms with van der Waals surface area (Å²) in [6, 6.07) is 16.8. The van der Waals surface area contributed by atoms with Gasteiger partial charge in [0.25, 0.3) is 0 Å². The fourth-order valence-corrected chi connectivity index (χ4v) is 5.04. The molecule has 0 bridgehead atoms. The summed E-state index contributed by atoms with van der Waals surface area (Å²) in [5.41, 5.74) is 4.84. The Balaban J connectivity index is 1.41. The zero-order chi connectivity index (χ0) is 25.5. The number of fused-ring (bicyclic) bond motifs is 1. The number of piperazine rings is 1. The van der Waals surface area contributed by atoms with Crippen LogP contribution in [0.4, 0.5) is 0 Å². The molecule has 1 aliphatic rings. The lowest BCUT2D eigenvalue weighted by Crippen LogP contribution is -2.48. The monoisotopic (exact) mass is 488 g/mol. The molecule has 192 valence electrons. The van der Waals surface area contributed by atoms with Crippen LogP contribution >= 0.6 is 0 Å². The lowest BCUT2D eigenvalue weighted by atomic mass is 10.1. The molecule has 0 radical (unpaired) electrons.